The van der Waals surface area contributed by atoms with Crippen molar-refractivity contribution in [2.24, 2.45) is 0 Å². The average Bonchev–Trinajstić information content (AvgIpc) is 2.55. The lowest BCUT2D eigenvalue weighted by molar-refractivity contribution is 0.454. The van der Waals surface area contributed by atoms with Crippen molar-refractivity contribution in [1.29, 1.82) is 0 Å². The molecule has 0 N–H and O–H groups in total. The van der Waals surface area contributed by atoms with Crippen LogP contribution in [0.2, 0.25) is 0 Å². The molecule has 0 atom stereocenters. The predicted octanol–water partition coefficient (Wildman–Crippen LogP) is 4.07. The Morgan fingerprint density at radius 1 is 0.957 bits per heavy atom. The van der Waals surface area contributed by atoms with Crippen molar-refractivity contribution in [2.45, 2.75) is 6.42 Å². The van der Waals surface area contributed by atoms with Gasteiger partial charge in [0.05, 0.1) is 10.9 Å². The first-order valence-corrected chi connectivity index (χ1v) is 7.26. The lowest BCUT2D eigenvalue weighted by atomic mass is 10.1. The van der Waals surface area contributed by atoms with Crippen molar-refractivity contribution in [1.82, 2.24) is 4.98 Å². The molecule has 0 spiro atoms. The summed E-state index contributed by atoms with van der Waals surface area (Å²) >= 11 is 0. The zero-order valence-electron chi connectivity index (χ0n) is 12.1. The fourth-order valence-electron chi connectivity index (χ4n) is 2.69. The minimum absolute atomic E-state index is 0.160. The van der Waals surface area contributed by atoms with Crippen LogP contribution in [0.1, 0.15) is 11.5 Å². The van der Waals surface area contributed by atoms with Crippen molar-refractivity contribution < 1.29 is 8.81 Å². The van der Waals surface area contributed by atoms with E-state index in [4.69, 9.17) is 4.42 Å². The van der Waals surface area contributed by atoms with Gasteiger partial charge in [-0.1, -0.05) is 42.5 Å². The number of halogens is 1. The Morgan fingerprint density at radius 3 is 2.65 bits per heavy atom. The number of hydrogen-bond donors (Lipinski definition) is 0. The van der Waals surface area contributed by atoms with Crippen LogP contribution in [0.4, 0.5) is 4.39 Å². The van der Waals surface area contributed by atoms with E-state index in [0.29, 0.717) is 17.8 Å². The van der Waals surface area contributed by atoms with E-state index >= 15 is 0 Å². The summed E-state index contributed by atoms with van der Waals surface area (Å²) in [6, 6.07) is 18.0. The minimum Gasteiger partial charge on any atom is -0.408 e. The molecule has 0 radical (unpaired) electrons. The second kappa shape index (κ2) is 5.32. The van der Waals surface area contributed by atoms with Gasteiger partial charge in [0.25, 0.3) is 0 Å². The average molecular weight is 305 g/mol. The van der Waals surface area contributed by atoms with E-state index in [1.807, 2.05) is 42.5 Å². The standard InChI is InChI=1S/C19H12FNO2/c20-15-7-8-17-16(11-15)19(22)23-18(21-17)10-12-5-6-13-3-1-2-4-14(13)9-12/h1-9,11H,10H2. The molecule has 1 aromatic heterocycles. The van der Waals surface area contributed by atoms with Crippen molar-refractivity contribution in [3.63, 3.8) is 0 Å². The van der Waals surface area contributed by atoms with Gasteiger partial charge in [0, 0.05) is 6.42 Å². The molecule has 0 saturated heterocycles. The van der Waals surface area contributed by atoms with Gasteiger partial charge in [-0.25, -0.2) is 14.2 Å². The molecule has 0 unspecified atom stereocenters. The molecule has 0 saturated carbocycles. The maximum absolute atomic E-state index is 13.2. The SMILES string of the molecule is O=c1oc(Cc2ccc3ccccc3c2)nc2ccc(F)cc12. The Hall–Kier alpha value is -3.01. The summed E-state index contributed by atoms with van der Waals surface area (Å²) in [5.41, 5.74) is 0.879. The topological polar surface area (TPSA) is 43.1 Å². The van der Waals surface area contributed by atoms with Gasteiger partial charge >= 0.3 is 5.63 Å². The molecule has 112 valence electrons. The van der Waals surface area contributed by atoms with Crippen molar-refractivity contribution >= 4 is 21.7 Å². The van der Waals surface area contributed by atoms with Crippen LogP contribution in [-0.4, -0.2) is 4.98 Å². The quantitative estimate of drug-likeness (QED) is 0.560. The maximum Gasteiger partial charge on any atom is 0.346 e. The smallest absolute Gasteiger partial charge is 0.346 e. The van der Waals surface area contributed by atoms with Gasteiger partial charge in [-0.3, -0.25) is 0 Å². The summed E-state index contributed by atoms with van der Waals surface area (Å²) < 4.78 is 18.4. The Balaban J connectivity index is 1.76. The van der Waals surface area contributed by atoms with Gasteiger partial charge in [-0.15, -0.1) is 0 Å². The largest absolute Gasteiger partial charge is 0.408 e. The molecule has 0 aliphatic rings. The van der Waals surface area contributed by atoms with E-state index in [9.17, 15) is 9.18 Å². The number of aromatic nitrogens is 1. The summed E-state index contributed by atoms with van der Waals surface area (Å²) in [5, 5.41) is 2.43. The fraction of sp³-hybridized carbons (Fsp3) is 0.0526. The highest BCUT2D eigenvalue weighted by Crippen LogP contribution is 2.18. The molecule has 0 aliphatic heterocycles. The third-order valence-corrected chi connectivity index (χ3v) is 3.80. The summed E-state index contributed by atoms with van der Waals surface area (Å²) in [6.45, 7) is 0. The lowest BCUT2D eigenvalue weighted by Gasteiger charge is -2.04. The van der Waals surface area contributed by atoms with Gasteiger partial charge in [0.15, 0.2) is 0 Å². The van der Waals surface area contributed by atoms with Crippen LogP contribution in [0.3, 0.4) is 0 Å². The first-order chi connectivity index (χ1) is 11.2. The Morgan fingerprint density at radius 2 is 1.78 bits per heavy atom. The van der Waals surface area contributed by atoms with E-state index in [1.165, 1.54) is 12.1 Å². The summed E-state index contributed by atoms with van der Waals surface area (Å²) in [5.74, 6) is -0.154. The highest BCUT2D eigenvalue weighted by Gasteiger charge is 2.08. The summed E-state index contributed by atoms with van der Waals surface area (Å²) in [7, 11) is 0. The van der Waals surface area contributed by atoms with Crippen LogP contribution in [0.15, 0.2) is 69.9 Å². The number of nitrogens with zero attached hydrogens (tertiary/aromatic N) is 1. The molecule has 0 fully saturated rings. The first-order valence-electron chi connectivity index (χ1n) is 7.26. The third-order valence-electron chi connectivity index (χ3n) is 3.80. The molecule has 3 nitrogen and oxygen atoms in total. The number of fused-ring (bicyclic) bond motifs is 2. The molecule has 0 aliphatic carbocycles. The van der Waals surface area contributed by atoms with Crippen molar-refractivity contribution in [3.8, 4) is 0 Å². The fourth-order valence-corrected chi connectivity index (χ4v) is 2.69. The second-order valence-corrected chi connectivity index (χ2v) is 5.41. The Bertz CT molecular complexity index is 1090. The monoisotopic (exact) mass is 305 g/mol. The number of rotatable bonds is 2. The van der Waals surface area contributed by atoms with E-state index in [2.05, 4.69) is 4.98 Å². The van der Waals surface area contributed by atoms with E-state index in [-0.39, 0.29) is 5.39 Å². The van der Waals surface area contributed by atoms with Gasteiger partial charge in [0.2, 0.25) is 5.89 Å². The van der Waals surface area contributed by atoms with Crippen LogP contribution in [0.25, 0.3) is 21.7 Å². The second-order valence-electron chi connectivity index (χ2n) is 5.41. The lowest BCUT2D eigenvalue weighted by Crippen LogP contribution is -2.06. The molecule has 0 amide bonds. The zero-order chi connectivity index (χ0) is 15.8. The molecule has 4 aromatic rings. The normalized spacial score (nSPS) is 11.2. The maximum atomic E-state index is 13.2. The van der Waals surface area contributed by atoms with Crippen molar-refractivity contribution in [3.05, 3.63) is 88.4 Å². The number of hydrogen-bond acceptors (Lipinski definition) is 3. The van der Waals surface area contributed by atoms with Crippen LogP contribution >= 0.6 is 0 Å². The highest BCUT2D eigenvalue weighted by atomic mass is 19.1. The highest BCUT2D eigenvalue weighted by molar-refractivity contribution is 5.83. The summed E-state index contributed by atoms with van der Waals surface area (Å²) in [4.78, 5) is 16.3. The van der Waals surface area contributed by atoms with E-state index < -0.39 is 11.4 Å². The molecular weight excluding hydrogens is 293 g/mol. The van der Waals surface area contributed by atoms with Crippen LogP contribution in [-0.2, 0) is 6.42 Å². The van der Waals surface area contributed by atoms with Crippen LogP contribution < -0.4 is 5.63 Å². The van der Waals surface area contributed by atoms with Crippen LogP contribution in [0, 0.1) is 5.82 Å². The third kappa shape index (κ3) is 2.59. The molecule has 4 heteroatoms. The minimum atomic E-state index is -0.565. The van der Waals surface area contributed by atoms with Gasteiger partial charge in [0.1, 0.15) is 5.82 Å². The van der Waals surface area contributed by atoms with Crippen LogP contribution in [0.5, 0.6) is 0 Å². The van der Waals surface area contributed by atoms with Gasteiger partial charge in [-0.2, -0.15) is 0 Å². The Kier molecular flexibility index (Phi) is 3.15. The predicted molar refractivity (Wildman–Crippen MR) is 87.0 cm³/mol. The number of benzene rings is 3. The first kappa shape index (κ1) is 13.6. The van der Waals surface area contributed by atoms with Crippen molar-refractivity contribution in [2.75, 3.05) is 0 Å². The van der Waals surface area contributed by atoms with Gasteiger partial charge < -0.3 is 4.42 Å². The molecule has 4 rings (SSSR count). The molecule has 3 aromatic carbocycles. The summed E-state index contributed by atoms with van der Waals surface area (Å²) in [6.07, 6.45) is 0.410. The molecule has 23 heavy (non-hydrogen) atoms. The molecule has 1 heterocycles. The van der Waals surface area contributed by atoms with E-state index in [0.717, 1.165) is 22.4 Å². The zero-order valence-corrected chi connectivity index (χ0v) is 12.1. The molecular formula is C19H12FNO2. The molecule has 0 bridgehead atoms. The van der Waals surface area contributed by atoms with Gasteiger partial charge in [-0.05, 0) is 34.5 Å². The van der Waals surface area contributed by atoms with E-state index in [1.54, 1.807) is 0 Å². The Labute approximate surface area is 131 Å².